The lowest BCUT2D eigenvalue weighted by Crippen LogP contribution is -2.50. The van der Waals surface area contributed by atoms with Crippen LogP contribution in [0, 0.1) is 0 Å². The fourth-order valence-electron chi connectivity index (χ4n) is 2.26. The number of benzene rings is 1. The minimum atomic E-state index is -1.00. The number of carbonyl (C=O) groups excluding carboxylic acids is 1. The van der Waals surface area contributed by atoms with Crippen molar-refractivity contribution >= 4 is 58.4 Å². The van der Waals surface area contributed by atoms with Crippen molar-refractivity contribution in [2.75, 3.05) is 37.7 Å². The molecule has 1 aliphatic heterocycles. The molecule has 1 aromatic rings. The van der Waals surface area contributed by atoms with E-state index < -0.39 is 5.54 Å². The van der Waals surface area contributed by atoms with Gasteiger partial charge in [0.25, 0.3) is 0 Å². The monoisotopic (exact) mass is 443 g/mol. The van der Waals surface area contributed by atoms with Crippen molar-refractivity contribution in [3.63, 3.8) is 0 Å². The van der Waals surface area contributed by atoms with Gasteiger partial charge in [-0.15, -0.1) is 24.8 Å². The van der Waals surface area contributed by atoms with Gasteiger partial charge in [0.15, 0.2) is 0 Å². The molecule has 3 N–H and O–H groups in total. The summed E-state index contributed by atoms with van der Waals surface area (Å²) in [4.78, 5) is 14.7. The molecule has 4 nitrogen and oxygen atoms in total. The summed E-state index contributed by atoms with van der Waals surface area (Å²) in [5.41, 5.74) is 6.02. The zero-order valence-corrected chi connectivity index (χ0v) is 17.1. The lowest BCUT2D eigenvalue weighted by Gasteiger charge is -2.28. The van der Waals surface area contributed by atoms with Crippen LogP contribution >= 0.6 is 52.5 Å². The highest BCUT2D eigenvalue weighted by atomic mass is 79.9. The van der Waals surface area contributed by atoms with Crippen molar-refractivity contribution in [1.82, 2.24) is 10.2 Å². The van der Waals surface area contributed by atoms with Gasteiger partial charge in [-0.3, -0.25) is 9.69 Å². The summed E-state index contributed by atoms with van der Waals surface area (Å²) in [6.45, 7) is 5.50. The van der Waals surface area contributed by atoms with Crippen LogP contribution in [-0.2, 0) is 10.3 Å². The minimum Gasteiger partial charge on any atom is -0.353 e. The molecule has 1 atom stereocenters. The number of hydrogen-bond acceptors (Lipinski definition) is 4. The molecular weight excluding hydrogens is 421 g/mol. The predicted molar refractivity (Wildman–Crippen MR) is 107 cm³/mol. The molecular formula is C15H24BrCl2N3OS. The molecule has 0 aliphatic carbocycles. The Balaban J connectivity index is 0.00000242. The van der Waals surface area contributed by atoms with Crippen molar-refractivity contribution < 1.29 is 4.79 Å². The number of hydrogen-bond donors (Lipinski definition) is 2. The van der Waals surface area contributed by atoms with Crippen molar-refractivity contribution in [2.45, 2.75) is 12.5 Å². The molecule has 23 heavy (non-hydrogen) atoms. The number of nitrogens with one attached hydrogen (secondary N) is 1. The molecule has 0 spiro atoms. The molecule has 1 unspecified atom stereocenters. The van der Waals surface area contributed by atoms with Crippen LogP contribution in [0.1, 0.15) is 12.5 Å². The first kappa shape index (κ1) is 23.0. The van der Waals surface area contributed by atoms with Crippen molar-refractivity contribution in [2.24, 2.45) is 5.73 Å². The maximum atomic E-state index is 12.3. The van der Waals surface area contributed by atoms with E-state index >= 15 is 0 Å². The number of carbonyl (C=O) groups is 1. The van der Waals surface area contributed by atoms with Crippen LogP contribution in [0.25, 0.3) is 0 Å². The molecule has 1 fully saturated rings. The summed E-state index contributed by atoms with van der Waals surface area (Å²) in [6, 6.07) is 7.56. The van der Waals surface area contributed by atoms with Gasteiger partial charge in [0.2, 0.25) is 5.91 Å². The molecule has 0 saturated carbocycles. The molecule has 1 aromatic carbocycles. The number of amides is 1. The first-order valence-electron chi connectivity index (χ1n) is 7.13. The molecule has 0 radical (unpaired) electrons. The average Bonchev–Trinajstić information content (AvgIpc) is 2.48. The quantitative estimate of drug-likeness (QED) is 0.732. The largest absolute Gasteiger partial charge is 0.353 e. The second kappa shape index (κ2) is 10.8. The van der Waals surface area contributed by atoms with E-state index in [1.54, 1.807) is 6.92 Å². The highest BCUT2D eigenvalue weighted by Crippen LogP contribution is 2.20. The highest BCUT2D eigenvalue weighted by Gasteiger charge is 2.30. The second-order valence-corrected chi connectivity index (χ2v) is 7.56. The van der Waals surface area contributed by atoms with Crippen LogP contribution in [-0.4, -0.2) is 48.5 Å². The Kier molecular flexibility index (Phi) is 10.8. The molecule has 0 aromatic heterocycles. The molecule has 1 saturated heterocycles. The second-order valence-electron chi connectivity index (χ2n) is 5.42. The van der Waals surface area contributed by atoms with Crippen molar-refractivity contribution in [3.05, 3.63) is 34.3 Å². The van der Waals surface area contributed by atoms with Crippen LogP contribution in [0.15, 0.2) is 28.7 Å². The van der Waals surface area contributed by atoms with E-state index in [0.29, 0.717) is 6.54 Å². The third-order valence-corrected chi connectivity index (χ3v) is 5.20. The van der Waals surface area contributed by atoms with E-state index in [1.165, 1.54) is 11.5 Å². The van der Waals surface area contributed by atoms with E-state index in [1.807, 2.05) is 36.0 Å². The number of nitrogens with zero attached hydrogens (tertiary/aromatic N) is 1. The molecule has 1 aliphatic rings. The fraction of sp³-hybridized carbons (Fsp3) is 0.533. The Labute approximate surface area is 163 Å². The topological polar surface area (TPSA) is 58.4 Å². The van der Waals surface area contributed by atoms with Gasteiger partial charge in [-0.25, -0.2) is 0 Å². The Bertz CT molecular complexity index is 482. The smallest absolute Gasteiger partial charge is 0.244 e. The minimum absolute atomic E-state index is 0. The maximum absolute atomic E-state index is 12.3. The normalized spacial score (nSPS) is 17.3. The van der Waals surface area contributed by atoms with E-state index in [2.05, 4.69) is 26.1 Å². The predicted octanol–water partition coefficient (Wildman–Crippen LogP) is 2.63. The van der Waals surface area contributed by atoms with Crippen LogP contribution < -0.4 is 11.1 Å². The Morgan fingerprint density at radius 3 is 2.43 bits per heavy atom. The van der Waals surface area contributed by atoms with Crippen LogP contribution in [0.5, 0.6) is 0 Å². The number of halogens is 3. The van der Waals surface area contributed by atoms with Gasteiger partial charge in [-0.1, -0.05) is 28.1 Å². The van der Waals surface area contributed by atoms with Gasteiger partial charge in [-0.2, -0.15) is 11.8 Å². The number of nitrogens with two attached hydrogens (primary N) is 1. The standard InChI is InChI=1S/C15H22BrN3OS.2ClH/c1-15(17,12-2-4-13(16)5-3-12)14(20)18-6-7-19-8-10-21-11-9-19;;/h2-5H,6-11,17H2,1H3,(H,18,20);2*1H. The molecule has 0 bridgehead atoms. The molecule has 1 amide bonds. The van der Waals surface area contributed by atoms with Gasteiger partial charge in [0.05, 0.1) is 0 Å². The van der Waals surface area contributed by atoms with Crippen molar-refractivity contribution in [1.29, 1.82) is 0 Å². The molecule has 8 heteroatoms. The summed E-state index contributed by atoms with van der Waals surface area (Å²) in [5, 5.41) is 2.96. The molecule has 1 heterocycles. The number of thioether (sulfide) groups is 1. The Morgan fingerprint density at radius 2 is 1.87 bits per heavy atom. The summed E-state index contributed by atoms with van der Waals surface area (Å²) in [6.07, 6.45) is 0. The zero-order chi connectivity index (χ0) is 15.3. The first-order chi connectivity index (χ1) is 10.00. The average molecular weight is 445 g/mol. The third kappa shape index (κ3) is 6.80. The molecule has 132 valence electrons. The van der Waals surface area contributed by atoms with E-state index in [9.17, 15) is 4.79 Å². The zero-order valence-electron chi connectivity index (χ0n) is 13.1. The Hall–Kier alpha value is 0.0200. The van der Waals surface area contributed by atoms with Gasteiger partial charge in [0, 0.05) is 42.2 Å². The van der Waals surface area contributed by atoms with Crippen LogP contribution in [0.3, 0.4) is 0 Å². The lowest BCUT2D eigenvalue weighted by atomic mass is 9.92. The Morgan fingerprint density at radius 1 is 1.30 bits per heavy atom. The SMILES string of the molecule is CC(N)(C(=O)NCCN1CCSCC1)c1ccc(Br)cc1.Cl.Cl. The summed E-state index contributed by atoms with van der Waals surface area (Å²) in [5.74, 6) is 2.24. The maximum Gasteiger partial charge on any atom is 0.244 e. The molecule has 2 rings (SSSR count). The van der Waals surface area contributed by atoms with Crippen LogP contribution in [0.2, 0.25) is 0 Å². The summed E-state index contributed by atoms with van der Waals surface area (Å²) >= 11 is 5.37. The third-order valence-electron chi connectivity index (χ3n) is 3.73. The van der Waals surface area contributed by atoms with E-state index in [4.69, 9.17) is 5.73 Å². The fourth-order valence-corrected chi connectivity index (χ4v) is 3.51. The van der Waals surface area contributed by atoms with Gasteiger partial charge < -0.3 is 11.1 Å². The highest BCUT2D eigenvalue weighted by molar-refractivity contribution is 9.10. The van der Waals surface area contributed by atoms with E-state index in [0.717, 1.165) is 29.7 Å². The van der Waals surface area contributed by atoms with Crippen LogP contribution in [0.4, 0.5) is 0 Å². The number of rotatable bonds is 5. The van der Waals surface area contributed by atoms with Gasteiger partial charge in [0.1, 0.15) is 5.54 Å². The van der Waals surface area contributed by atoms with Gasteiger partial charge in [-0.05, 0) is 24.6 Å². The summed E-state index contributed by atoms with van der Waals surface area (Å²) in [7, 11) is 0. The van der Waals surface area contributed by atoms with E-state index in [-0.39, 0.29) is 30.7 Å². The lowest BCUT2D eigenvalue weighted by molar-refractivity contribution is -0.126. The summed E-state index contributed by atoms with van der Waals surface area (Å²) < 4.78 is 0.977. The first-order valence-corrected chi connectivity index (χ1v) is 9.08. The van der Waals surface area contributed by atoms with Crippen molar-refractivity contribution in [3.8, 4) is 0 Å². The van der Waals surface area contributed by atoms with Gasteiger partial charge >= 0.3 is 0 Å².